The zero-order valence-corrected chi connectivity index (χ0v) is 20.1. The standard InChI is InChI=1S/C23H23Cl2FN6O2/c1-13(19-15(24)4-5-16(26)20(19)25)34-22-21(27)29-12-18(30-22)17-6-3-14(11-28-17)23(33)32-9-7-31(2)8-10-32/h3-6,11-13H,7-10H2,1-2H3,(H2,27,29). The van der Waals surface area contributed by atoms with E-state index < -0.39 is 11.9 Å². The molecule has 0 bridgehead atoms. The van der Waals surface area contributed by atoms with Crippen molar-refractivity contribution < 1.29 is 13.9 Å². The molecule has 1 amide bonds. The molecular formula is C23H23Cl2FN6O2. The SMILES string of the molecule is CC(Oc1nc(-c2ccc(C(=O)N3CCN(C)CC3)cn2)cnc1N)c1c(Cl)ccc(F)c1Cl. The summed E-state index contributed by atoms with van der Waals surface area (Å²) in [6.07, 6.45) is 2.22. The van der Waals surface area contributed by atoms with Crippen molar-refractivity contribution in [3.63, 3.8) is 0 Å². The van der Waals surface area contributed by atoms with Crippen molar-refractivity contribution in [1.82, 2.24) is 24.8 Å². The molecule has 8 nitrogen and oxygen atoms in total. The van der Waals surface area contributed by atoms with E-state index >= 15 is 0 Å². The molecule has 1 atom stereocenters. The average Bonchev–Trinajstić information content (AvgIpc) is 2.83. The largest absolute Gasteiger partial charge is 0.467 e. The molecule has 1 fully saturated rings. The molecule has 0 radical (unpaired) electrons. The number of carbonyl (C=O) groups is 1. The van der Waals surface area contributed by atoms with E-state index in [1.165, 1.54) is 24.5 Å². The van der Waals surface area contributed by atoms with Crippen molar-refractivity contribution in [2.45, 2.75) is 13.0 Å². The van der Waals surface area contributed by atoms with Crippen LogP contribution in [0.15, 0.2) is 36.7 Å². The summed E-state index contributed by atoms with van der Waals surface area (Å²) in [5.74, 6) is -0.598. The highest BCUT2D eigenvalue weighted by molar-refractivity contribution is 6.36. The van der Waals surface area contributed by atoms with Gasteiger partial charge < -0.3 is 20.3 Å². The summed E-state index contributed by atoms with van der Waals surface area (Å²) < 4.78 is 19.7. The summed E-state index contributed by atoms with van der Waals surface area (Å²) in [5, 5.41) is 0.119. The Hall–Kier alpha value is -3.01. The van der Waals surface area contributed by atoms with Crippen molar-refractivity contribution in [2.24, 2.45) is 0 Å². The van der Waals surface area contributed by atoms with E-state index in [-0.39, 0.29) is 33.2 Å². The number of aromatic nitrogens is 3. The van der Waals surface area contributed by atoms with Gasteiger partial charge in [0, 0.05) is 43.0 Å². The van der Waals surface area contributed by atoms with Crippen LogP contribution in [0.5, 0.6) is 5.88 Å². The number of pyridine rings is 1. The van der Waals surface area contributed by atoms with Crippen LogP contribution in [0.25, 0.3) is 11.4 Å². The van der Waals surface area contributed by atoms with Crippen LogP contribution in [0.2, 0.25) is 10.0 Å². The fraction of sp³-hybridized carbons (Fsp3) is 0.304. The fourth-order valence-electron chi connectivity index (χ4n) is 3.60. The molecule has 34 heavy (non-hydrogen) atoms. The Kier molecular flexibility index (Phi) is 7.16. The second kappa shape index (κ2) is 10.1. The Bertz CT molecular complexity index is 1200. The molecule has 2 aromatic heterocycles. The number of amides is 1. The molecule has 0 spiro atoms. The fourth-order valence-corrected chi connectivity index (χ4v) is 4.28. The molecule has 4 rings (SSSR count). The first-order chi connectivity index (χ1) is 16.2. The first kappa shape index (κ1) is 24.1. The van der Waals surface area contributed by atoms with Gasteiger partial charge in [-0.1, -0.05) is 23.2 Å². The van der Waals surface area contributed by atoms with Gasteiger partial charge in [-0.2, -0.15) is 0 Å². The molecule has 178 valence electrons. The molecule has 3 heterocycles. The van der Waals surface area contributed by atoms with Crippen molar-refractivity contribution in [3.05, 3.63) is 63.6 Å². The maximum Gasteiger partial charge on any atom is 0.258 e. The zero-order chi connectivity index (χ0) is 24.4. The zero-order valence-electron chi connectivity index (χ0n) is 18.6. The number of carbonyl (C=O) groups excluding carboxylic acids is 1. The molecule has 1 aromatic carbocycles. The highest BCUT2D eigenvalue weighted by Gasteiger charge is 2.22. The summed E-state index contributed by atoms with van der Waals surface area (Å²) in [7, 11) is 2.03. The number of ether oxygens (including phenoxy) is 1. The predicted molar refractivity (Wildman–Crippen MR) is 129 cm³/mol. The third kappa shape index (κ3) is 5.06. The lowest BCUT2D eigenvalue weighted by Gasteiger charge is -2.32. The highest BCUT2D eigenvalue weighted by Crippen LogP contribution is 2.35. The summed E-state index contributed by atoms with van der Waals surface area (Å²) in [5.41, 5.74) is 7.60. The van der Waals surface area contributed by atoms with Crippen LogP contribution in [0.3, 0.4) is 0 Å². The van der Waals surface area contributed by atoms with E-state index in [1.807, 2.05) is 11.9 Å². The van der Waals surface area contributed by atoms with Crippen LogP contribution in [0, 0.1) is 5.82 Å². The van der Waals surface area contributed by atoms with E-state index in [9.17, 15) is 9.18 Å². The normalized spacial score (nSPS) is 15.3. The predicted octanol–water partition coefficient (Wildman–Crippen LogP) is 4.09. The summed E-state index contributed by atoms with van der Waals surface area (Å²) in [4.78, 5) is 29.7. The Morgan fingerprint density at radius 3 is 2.50 bits per heavy atom. The molecule has 3 aromatic rings. The maximum absolute atomic E-state index is 13.9. The van der Waals surface area contributed by atoms with E-state index in [0.29, 0.717) is 30.0 Å². The Morgan fingerprint density at radius 2 is 1.82 bits per heavy atom. The minimum atomic E-state index is -0.751. The van der Waals surface area contributed by atoms with Crippen LogP contribution >= 0.6 is 23.2 Å². The van der Waals surface area contributed by atoms with Gasteiger partial charge in [0.2, 0.25) is 0 Å². The minimum Gasteiger partial charge on any atom is -0.467 e. The van der Waals surface area contributed by atoms with Gasteiger partial charge in [0.25, 0.3) is 11.8 Å². The summed E-state index contributed by atoms with van der Waals surface area (Å²) >= 11 is 12.3. The van der Waals surface area contributed by atoms with E-state index in [0.717, 1.165) is 13.1 Å². The quantitative estimate of drug-likeness (QED) is 0.522. The molecular weight excluding hydrogens is 482 g/mol. The number of rotatable bonds is 5. The number of nitrogen functional groups attached to an aromatic ring is 1. The van der Waals surface area contributed by atoms with Gasteiger partial charge in [-0.05, 0) is 38.2 Å². The van der Waals surface area contributed by atoms with Gasteiger partial charge in [-0.25, -0.2) is 14.4 Å². The second-order valence-electron chi connectivity index (χ2n) is 7.99. The summed E-state index contributed by atoms with van der Waals surface area (Å²) in [6, 6.07) is 5.98. The van der Waals surface area contributed by atoms with Gasteiger partial charge >= 0.3 is 0 Å². The lowest BCUT2D eigenvalue weighted by atomic mass is 10.1. The number of nitrogens with zero attached hydrogens (tertiary/aromatic N) is 5. The number of nitrogens with two attached hydrogens (primary N) is 1. The molecule has 0 aliphatic carbocycles. The van der Waals surface area contributed by atoms with Crippen molar-refractivity contribution in [1.29, 1.82) is 0 Å². The first-order valence-corrected chi connectivity index (χ1v) is 11.4. The number of hydrogen-bond acceptors (Lipinski definition) is 7. The number of anilines is 1. The van der Waals surface area contributed by atoms with Gasteiger partial charge in [-0.3, -0.25) is 9.78 Å². The van der Waals surface area contributed by atoms with E-state index in [1.54, 1.807) is 19.1 Å². The molecule has 0 saturated carbocycles. The molecule has 1 saturated heterocycles. The van der Waals surface area contributed by atoms with Crippen LogP contribution in [0.4, 0.5) is 10.2 Å². The van der Waals surface area contributed by atoms with Crippen LogP contribution < -0.4 is 10.5 Å². The number of hydrogen-bond donors (Lipinski definition) is 1. The number of benzene rings is 1. The van der Waals surface area contributed by atoms with Gasteiger partial charge in [0.05, 0.1) is 22.5 Å². The Labute approximate surface area is 206 Å². The van der Waals surface area contributed by atoms with Gasteiger partial charge in [0.15, 0.2) is 5.82 Å². The van der Waals surface area contributed by atoms with E-state index in [2.05, 4.69) is 19.9 Å². The Morgan fingerprint density at radius 1 is 1.09 bits per heavy atom. The summed E-state index contributed by atoms with van der Waals surface area (Å²) in [6.45, 7) is 4.69. The van der Waals surface area contributed by atoms with Crippen molar-refractivity contribution in [3.8, 4) is 17.3 Å². The molecule has 1 aliphatic heterocycles. The lowest BCUT2D eigenvalue weighted by Crippen LogP contribution is -2.47. The highest BCUT2D eigenvalue weighted by atomic mass is 35.5. The average molecular weight is 505 g/mol. The Balaban J connectivity index is 1.53. The number of likely N-dealkylation sites (N-methyl/N-ethyl adjacent to an activating group) is 1. The smallest absolute Gasteiger partial charge is 0.258 e. The second-order valence-corrected chi connectivity index (χ2v) is 8.78. The minimum absolute atomic E-state index is 0.0285. The van der Waals surface area contributed by atoms with Crippen LogP contribution in [-0.4, -0.2) is 63.9 Å². The number of piperazine rings is 1. The number of halogens is 3. The molecule has 1 aliphatic rings. The molecule has 11 heteroatoms. The van der Waals surface area contributed by atoms with Crippen LogP contribution in [0.1, 0.15) is 28.9 Å². The monoisotopic (exact) mass is 504 g/mol. The third-order valence-electron chi connectivity index (χ3n) is 5.60. The molecule has 1 unspecified atom stereocenters. The van der Waals surface area contributed by atoms with Crippen molar-refractivity contribution in [2.75, 3.05) is 39.0 Å². The van der Waals surface area contributed by atoms with Gasteiger partial charge in [0.1, 0.15) is 17.6 Å². The lowest BCUT2D eigenvalue weighted by molar-refractivity contribution is 0.0663. The van der Waals surface area contributed by atoms with Gasteiger partial charge in [-0.15, -0.1) is 0 Å². The molecule has 2 N–H and O–H groups in total. The maximum atomic E-state index is 13.9. The third-order valence-corrected chi connectivity index (χ3v) is 6.32. The first-order valence-electron chi connectivity index (χ1n) is 10.6. The topological polar surface area (TPSA) is 97.5 Å². The van der Waals surface area contributed by atoms with Crippen molar-refractivity contribution >= 4 is 34.9 Å². The van der Waals surface area contributed by atoms with Crippen LogP contribution in [-0.2, 0) is 0 Å². The van der Waals surface area contributed by atoms with E-state index in [4.69, 9.17) is 33.7 Å².